The van der Waals surface area contributed by atoms with Crippen LogP contribution < -0.4 is 5.32 Å². The third kappa shape index (κ3) is 4.22. The van der Waals surface area contributed by atoms with Gasteiger partial charge in [0.15, 0.2) is 0 Å². The molecular formula is C11H22N2O2S. The highest BCUT2D eigenvalue weighted by Crippen LogP contribution is 2.16. The summed E-state index contributed by atoms with van der Waals surface area (Å²) in [4.78, 5) is 2.28. The highest BCUT2D eigenvalue weighted by molar-refractivity contribution is 7.99. The van der Waals surface area contributed by atoms with Gasteiger partial charge in [0.05, 0.1) is 19.3 Å². The van der Waals surface area contributed by atoms with Crippen LogP contribution in [0.4, 0.5) is 0 Å². The summed E-state index contributed by atoms with van der Waals surface area (Å²) < 4.78 is 5.28. The molecule has 0 aromatic heterocycles. The Hall–Kier alpha value is 0.190. The molecule has 2 heterocycles. The highest BCUT2D eigenvalue weighted by atomic mass is 32.2. The van der Waals surface area contributed by atoms with Gasteiger partial charge in [0, 0.05) is 38.0 Å². The van der Waals surface area contributed by atoms with Crippen molar-refractivity contribution in [2.45, 2.75) is 18.6 Å². The zero-order chi connectivity index (χ0) is 11.2. The smallest absolute Gasteiger partial charge is 0.0791 e. The summed E-state index contributed by atoms with van der Waals surface area (Å²) >= 11 is 2.00. The fourth-order valence-corrected chi connectivity index (χ4v) is 3.33. The van der Waals surface area contributed by atoms with Crippen LogP contribution in [0.1, 0.15) is 6.42 Å². The van der Waals surface area contributed by atoms with Gasteiger partial charge in [0.2, 0.25) is 0 Å². The van der Waals surface area contributed by atoms with Gasteiger partial charge in [-0.3, -0.25) is 4.90 Å². The fraction of sp³-hybridized carbons (Fsp3) is 1.00. The van der Waals surface area contributed by atoms with E-state index in [9.17, 15) is 5.11 Å². The van der Waals surface area contributed by atoms with E-state index in [-0.39, 0.29) is 6.10 Å². The van der Waals surface area contributed by atoms with E-state index in [1.54, 1.807) is 0 Å². The lowest BCUT2D eigenvalue weighted by Crippen LogP contribution is -2.45. The summed E-state index contributed by atoms with van der Waals surface area (Å²) in [5, 5.41) is 13.4. The van der Waals surface area contributed by atoms with E-state index < -0.39 is 0 Å². The minimum atomic E-state index is -0.247. The van der Waals surface area contributed by atoms with Crippen molar-refractivity contribution in [3.05, 3.63) is 0 Å². The average molecular weight is 246 g/mol. The van der Waals surface area contributed by atoms with Gasteiger partial charge in [-0.2, -0.15) is 11.8 Å². The Morgan fingerprint density at radius 3 is 2.94 bits per heavy atom. The number of thioether (sulfide) groups is 1. The summed E-state index contributed by atoms with van der Waals surface area (Å²) in [6.07, 6.45) is 0.998. The molecule has 4 nitrogen and oxygen atoms in total. The van der Waals surface area contributed by atoms with Crippen molar-refractivity contribution >= 4 is 11.8 Å². The second kappa shape index (κ2) is 6.81. The van der Waals surface area contributed by atoms with Gasteiger partial charge in [-0.25, -0.2) is 0 Å². The Labute approximate surface area is 102 Å². The molecule has 16 heavy (non-hydrogen) atoms. The molecule has 2 saturated heterocycles. The molecule has 0 aliphatic carbocycles. The van der Waals surface area contributed by atoms with Gasteiger partial charge in [0.25, 0.3) is 0 Å². The Morgan fingerprint density at radius 1 is 1.44 bits per heavy atom. The van der Waals surface area contributed by atoms with Crippen LogP contribution in [0.5, 0.6) is 0 Å². The van der Waals surface area contributed by atoms with E-state index >= 15 is 0 Å². The normalized spacial score (nSPS) is 29.4. The topological polar surface area (TPSA) is 44.7 Å². The summed E-state index contributed by atoms with van der Waals surface area (Å²) in [5.41, 5.74) is 0. The van der Waals surface area contributed by atoms with Gasteiger partial charge >= 0.3 is 0 Å². The van der Waals surface area contributed by atoms with Crippen molar-refractivity contribution in [2.75, 3.05) is 50.9 Å². The van der Waals surface area contributed by atoms with Gasteiger partial charge in [-0.1, -0.05) is 0 Å². The van der Waals surface area contributed by atoms with E-state index in [0.29, 0.717) is 6.04 Å². The third-order valence-corrected chi connectivity index (χ3v) is 4.31. The molecule has 94 valence electrons. The Balaban J connectivity index is 1.57. The zero-order valence-electron chi connectivity index (χ0n) is 9.73. The number of aliphatic hydroxyl groups excluding tert-OH is 1. The molecular weight excluding hydrogens is 224 g/mol. The van der Waals surface area contributed by atoms with Crippen LogP contribution in [0.25, 0.3) is 0 Å². The summed E-state index contributed by atoms with van der Waals surface area (Å²) in [5.74, 6) is 2.46. The number of hydrogen-bond acceptors (Lipinski definition) is 5. The zero-order valence-corrected chi connectivity index (χ0v) is 10.5. The summed E-state index contributed by atoms with van der Waals surface area (Å²) in [6, 6.07) is 0.615. The number of morpholine rings is 1. The van der Waals surface area contributed by atoms with Gasteiger partial charge < -0.3 is 15.2 Å². The summed E-state index contributed by atoms with van der Waals surface area (Å²) in [7, 11) is 0. The number of rotatable bonds is 5. The number of hydrogen-bond donors (Lipinski definition) is 2. The van der Waals surface area contributed by atoms with Gasteiger partial charge in [-0.05, 0) is 12.2 Å². The van der Waals surface area contributed by atoms with E-state index in [4.69, 9.17) is 4.74 Å². The first kappa shape index (κ1) is 12.6. The molecule has 2 rings (SSSR count). The molecule has 2 atom stereocenters. The van der Waals surface area contributed by atoms with E-state index in [1.165, 1.54) is 17.9 Å². The van der Waals surface area contributed by atoms with Crippen LogP contribution in [0.15, 0.2) is 0 Å². The maximum atomic E-state index is 9.91. The molecule has 0 saturated carbocycles. The minimum Gasteiger partial charge on any atom is -0.390 e. The molecule has 2 fully saturated rings. The fourth-order valence-electron chi connectivity index (χ4n) is 2.14. The molecule has 0 spiro atoms. The predicted octanol–water partition coefficient (Wildman–Crippen LogP) is -0.225. The van der Waals surface area contributed by atoms with E-state index in [1.807, 2.05) is 11.8 Å². The molecule has 2 aliphatic heterocycles. The van der Waals surface area contributed by atoms with Crippen LogP contribution >= 0.6 is 11.8 Å². The van der Waals surface area contributed by atoms with E-state index in [2.05, 4.69) is 10.2 Å². The SMILES string of the molecule is OC(CNC1CCSC1)CN1CCOCC1. The largest absolute Gasteiger partial charge is 0.390 e. The molecule has 2 N–H and O–H groups in total. The van der Waals surface area contributed by atoms with Crippen LogP contribution in [0.2, 0.25) is 0 Å². The quantitative estimate of drug-likeness (QED) is 0.702. The first-order chi connectivity index (χ1) is 7.84. The predicted molar refractivity (Wildman–Crippen MR) is 67.0 cm³/mol. The standard InChI is InChI=1S/C11H22N2O2S/c14-11(7-12-10-1-6-16-9-10)8-13-2-4-15-5-3-13/h10-12,14H,1-9H2. The molecule has 2 unspecified atom stereocenters. The molecule has 5 heteroatoms. The molecule has 2 aliphatic rings. The average Bonchev–Trinajstić information content (AvgIpc) is 2.81. The van der Waals surface area contributed by atoms with Crippen molar-refractivity contribution < 1.29 is 9.84 Å². The molecule has 0 radical (unpaired) electrons. The van der Waals surface area contributed by atoms with Crippen molar-refractivity contribution in [1.82, 2.24) is 10.2 Å². The molecule has 0 aromatic carbocycles. The number of nitrogens with one attached hydrogen (secondary N) is 1. The highest BCUT2D eigenvalue weighted by Gasteiger charge is 2.18. The van der Waals surface area contributed by atoms with Gasteiger partial charge in [0.1, 0.15) is 0 Å². The Bertz CT molecular complexity index is 194. The number of β-amino-alcohol motifs (C(OH)–C–C–N with tert-alkyl or cyclic N) is 1. The number of aliphatic hydroxyl groups is 1. The Kier molecular flexibility index (Phi) is 5.38. The molecule has 0 amide bonds. The maximum absolute atomic E-state index is 9.91. The first-order valence-electron chi connectivity index (χ1n) is 6.14. The van der Waals surface area contributed by atoms with Crippen molar-refractivity contribution in [3.8, 4) is 0 Å². The van der Waals surface area contributed by atoms with Crippen LogP contribution in [0, 0.1) is 0 Å². The van der Waals surface area contributed by atoms with Crippen molar-refractivity contribution in [2.24, 2.45) is 0 Å². The Morgan fingerprint density at radius 2 is 2.25 bits per heavy atom. The molecule has 0 aromatic rings. The number of ether oxygens (including phenoxy) is 1. The lowest BCUT2D eigenvalue weighted by Gasteiger charge is -2.29. The summed E-state index contributed by atoms with van der Waals surface area (Å²) in [6.45, 7) is 5.02. The van der Waals surface area contributed by atoms with E-state index in [0.717, 1.165) is 39.4 Å². The van der Waals surface area contributed by atoms with Crippen molar-refractivity contribution in [3.63, 3.8) is 0 Å². The lowest BCUT2D eigenvalue weighted by molar-refractivity contribution is 0.0146. The molecule has 0 bridgehead atoms. The second-order valence-electron chi connectivity index (χ2n) is 4.54. The minimum absolute atomic E-state index is 0.247. The number of nitrogens with zero attached hydrogens (tertiary/aromatic N) is 1. The monoisotopic (exact) mass is 246 g/mol. The third-order valence-electron chi connectivity index (χ3n) is 3.14. The lowest BCUT2D eigenvalue weighted by atomic mass is 10.2. The first-order valence-corrected chi connectivity index (χ1v) is 7.29. The van der Waals surface area contributed by atoms with Crippen molar-refractivity contribution in [1.29, 1.82) is 0 Å². The maximum Gasteiger partial charge on any atom is 0.0791 e. The van der Waals surface area contributed by atoms with Crippen LogP contribution in [0.3, 0.4) is 0 Å². The van der Waals surface area contributed by atoms with Crippen LogP contribution in [-0.4, -0.2) is 73.1 Å². The second-order valence-corrected chi connectivity index (χ2v) is 5.69. The van der Waals surface area contributed by atoms with Crippen LogP contribution in [-0.2, 0) is 4.74 Å². The van der Waals surface area contributed by atoms with Gasteiger partial charge in [-0.15, -0.1) is 0 Å².